The van der Waals surface area contributed by atoms with Crippen LogP contribution in [-0.4, -0.2) is 15.5 Å². The van der Waals surface area contributed by atoms with Crippen molar-refractivity contribution in [3.63, 3.8) is 0 Å². The number of fused-ring (bicyclic) bond motifs is 4. The highest BCUT2D eigenvalue weighted by Gasteiger charge is 2.31. The predicted octanol–water partition coefficient (Wildman–Crippen LogP) is 2.31. The first-order chi connectivity index (χ1) is 9.18. The average molecular weight is 250 g/mol. The number of nitrogens with one attached hydrogen (secondary N) is 1. The van der Waals surface area contributed by atoms with Gasteiger partial charge in [-0.2, -0.15) is 0 Å². The fourth-order valence-electron chi connectivity index (χ4n) is 2.76. The summed E-state index contributed by atoms with van der Waals surface area (Å²) in [6.07, 6.45) is 1.71. The number of H-pyrrole nitrogens is 1. The molecule has 1 N–H and O–H groups in total. The molecule has 3 aromatic rings. The number of hydrogen-bond acceptors (Lipinski definition) is 2. The van der Waals surface area contributed by atoms with E-state index in [0.717, 1.165) is 5.56 Å². The maximum atomic E-state index is 12.6. The molecule has 0 atom stereocenters. The Hall–Kier alpha value is -2.62. The van der Waals surface area contributed by atoms with Gasteiger partial charge in [-0.15, -0.1) is 0 Å². The Labute approximate surface area is 108 Å². The summed E-state index contributed by atoms with van der Waals surface area (Å²) in [7, 11) is 0. The summed E-state index contributed by atoms with van der Waals surface area (Å²) in [5.41, 5.74) is 3.15. The number of nitrogens with zero attached hydrogens (tertiary/aromatic N) is 1. The summed E-state index contributed by atoms with van der Waals surface area (Å²) in [5.74, 6) is -0.166. The summed E-state index contributed by atoms with van der Waals surface area (Å²) >= 11 is 0. The fraction of sp³-hybridized carbons (Fsp3) is 0.0667. The molecule has 1 aliphatic rings. The number of carbonyl (C=O) groups excluding carboxylic acids is 1. The molecule has 19 heavy (non-hydrogen) atoms. The van der Waals surface area contributed by atoms with Crippen LogP contribution in [0.15, 0.2) is 41.3 Å². The first-order valence-electron chi connectivity index (χ1n) is 6.06. The molecule has 0 saturated heterocycles. The number of aryl methyl sites for hydroxylation is 1. The maximum absolute atomic E-state index is 12.6. The number of aromatic amines is 1. The van der Waals surface area contributed by atoms with E-state index >= 15 is 0 Å². The number of aromatic nitrogens is 2. The minimum atomic E-state index is -0.166. The Morgan fingerprint density at radius 3 is 2.74 bits per heavy atom. The van der Waals surface area contributed by atoms with Crippen LogP contribution in [0.3, 0.4) is 0 Å². The molecule has 0 spiro atoms. The molecular formula is C15H10N2O2. The van der Waals surface area contributed by atoms with Gasteiger partial charge in [-0.05, 0) is 30.7 Å². The van der Waals surface area contributed by atoms with Crippen molar-refractivity contribution in [2.75, 3.05) is 0 Å². The zero-order chi connectivity index (χ0) is 13.1. The van der Waals surface area contributed by atoms with Crippen LogP contribution in [0.5, 0.6) is 0 Å². The van der Waals surface area contributed by atoms with E-state index in [1.54, 1.807) is 12.3 Å². The van der Waals surface area contributed by atoms with Crippen molar-refractivity contribution < 1.29 is 4.79 Å². The normalized spacial score (nSPS) is 12.8. The summed E-state index contributed by atoms with van der Waals surface area (Å²) in [5, 5.41) is 0.614. The van der Waals surface area contributed by atoms with Crippen LogP contribution in [0.25, 0.3) is 22.2 Å². The zero-order valence-corrected chi connectivity index (χ0v) is 10.2. The van der Waals surface area contributed by atoms with Crippen molar-refractivity contribution in [2.24, 2.45) is 0 Å². The quantitative estimate of drug-likeness (QED) is 0.520. The third kappa shape index (κ3) is 1.13. The van der Waals surface area contributed by atoms with Gasteiger partial charge >= 0.3 is 0 Å². The van der Waals surface area contributed by atoms with Crippen molar-refractivity contribution in [2.45, 2.75) is 6.92 Å². The molecule has 1 aromatic carbocycles. The molecule has 0 bridgehead atoms. The average Bonchev–Trinajstić information content (AvgIpc) is 2.92. The zero-order valence-electron chi connectivity index (χ0n) is 10.2. The van der Waals surface area contributed by atoms with Crippen molar-refractivity contribution in [3.8, 4) is 11.3 Å². The Morgan fingerprint density at radius 1 is 1.11 bits per heavy atom. The first-order valence-corrected chi connectivity index (χ1v) is 6.06. The number of hydrogen-bond donors (Lipinski definition) is 1. The summed E-state index contributed by atoms with van der Waals surface area (Å²) in [4.78, 5) is 28.0. The van der Waals surface area contributed by atoms with E-state index in [1.807, 2.05) is 31.2 Å². The molecule has 0 amide bonds. The van der Waals surface area contributed by atoms with Crippen LogP contribution >= 0.6 is 0 Å². The molecule has 0 radical (unpaired) electrons. The van der Waals surface area contributed by atoms with Crippen LogP contribution in [-0.2, 0) is 0 Å². The van der Waals surface area contributed by atoms with Gasteiger partial charge in [0.25, 0.3) is 5.91 Å². The van der Waals surface area contributed by atoms with Gasteiger partial charge in [0, 0.05) is 17.1 Å². The highest BCUT2D eigenvalue weighted by molar-refractivity contribution is 6.10. The second-order valence-corrected chi connectivity index (χ2v) is 4.77. The third-order valence-corrected chi connectivity index (χ3v) is 3.67. The topological polar surface area (TPSA) is 54.9 Å². The molecular weight excluding hydrogens is 240 g/mol. The third-order valence-electron chi connectivity index (χ3n) is 3.67. The monoisotopic (exact) mass is 250 g/mol. The van der Waals surface area contributed by atoms with Gasteiger partial charge in [0.2, 0.25) is 0 Å². The molecule has 4 rings (SSSR count). The van der Waals surface area contributed by atoms with Crippen molar-refractivity contribution >= 4 is 16.8 Å². The second-order valence-electron chi connectivity index (χ2n) is 4.77. The van der Waals surface area contributed by atoms with E-state index < -0.39 is 0 Å². The van der Waals surface area contributed by atoms with E-state index in [9.17, 15) is 9.59 Å². The van der Waals surface area contributed by atoms with Gasteiger partial charge in [0.05, 0.1) is 11.3 Å². The summed E-state index contributed by atoms with van der Waals surface area (Å²) < 4.78 is 1.54. The molecule has 4 heteroatoms. The lowest BCUT2D eigenvalue weighted by atomic mass is 10.1. The van der Waals surface area contributed by atoms with Gasteiger partial charge in [0.1, 0.15) is 5.69 Å². The van der Waals surface area contributed by atoms with Crippen LogP contribution in [0.4, 0.5) is 0 Å². The van der Waals surface area contributed by atoms with Gasteiger partial charge in [-0.25, -0.2) is 0 Å². The first kappa shape index (κ1) is 10.3. The van der Waals surface area contributed by atoms with Gasteiger partial charge < -0.3 is 4.98 Å². The second kappa shape index (κ2) is 3.23. The van der Waals surface area contributed by atoms with Crippen LogP contribution in [0.2, 0.25) is 0 Å². The smallest absolute Gasteiger partial charge is 0.279 e. The number of para-hydroxylation sites is 1. The van der Waals surface area contributed by atoms with Crippen LogP contribution in [0, 0.1) is 6.92 Å². The SMILES string of the molecule is Cc1ccn2c1-c1c([nH]c3ccccc3c1=O)C2=O. The minimum absolute atomic E-state index is 0.0850. The summed E-state index contributed by atoms with van der Waals surface area (Å²) in [6.45, 7) is 1.91. The molecule has 0 saturated carbocycles. The molecule has 2 aromatic heterocycles. The predicted molar refractivity (Wildman–Crippen MR) is 72.5 cm³/mol. The molecule has 4 nitrogen and oxygen atoms in total. The molecule has 0 aliphatic carbocycles. The molecule has 1 aliphatic heterocycles. The Bertz CT molecular complexity index is 916. The lowest BCUT2D eigenvalue weighted by Gasteiger charge is -2.02. The van der Waals surface area contributed by atoms with E-state index in [1.165, 1.54) is 4.57 Å². The molecule has 0 unspecified atom stereocenters. The van der Waals surface area contributed by atoms with E-state index in [2.05, 4.69) is 4.98 Å². The Balaban J connectivity index is 2.26. The van der Waals surface area contributed by atoms with Crippen LogP contribution in [0.1, 0.15) is 16.1 Å². The van der Waals surface area contributed by atoms with Crippen molar-refractivity contribution in [1.29, 1.82) is 0 Å². The van der Waals surface area contributed by atoms with E-state index in [0.29, 0.717) is 27.9 Å². The van der Waals surface area contributed by atoms with Crippen molar-refractivity contribution in [1.82, 2.24) is 9.55 Å². The number of rotatable bonds is 0. The van der Waals surface area contributed by atoms with Crippen LogP contribution < -0.4 is 5.43 Å². The highest BCUT2D eigenvalue weighted by Crippen LogP contribution is 2.32. The number of pyridine rings is 1. The largest absolute Gasteiger partial charge is 0.350 e. The summed E-state index contributed by atoms with van der Waals surface area (Å²) in [6, 6.07) is 9.11. The van der Waals surface area contributed by atoms with Gasteiger partial charge in [0.15, 0.2) is 5.43 Å². The molecule has 0 fully saturated rings. The molecule has 92 valence electrons. The Morgan fingerprint density at radius 2 is 1.89 bits per heavy atom. The number of carbonyl (C=O) groups is 1. The van der Waals surface area contributed by atoms with Gasteiger partial charge in [-0.3, -0.25) is 14.2 Å². The minimum Gasteiger partial charge on any atom is -0.350 e. The lowest BCUT2D eigenvalue weighted by molar-refractivity contribution is 0.0965. The molecule has 3 heterocycles. The fourth-order valence-corrected chi connectivity index (χ4v) is 2.76. The van der Waals surface area contributed by atoms with E-state index in [-0.39, 0.29) is 11.3 Å². The number of benzene rings is 1. The maximum Gasteiger partial charge on any atom is 0.279 e. The van der Waals surface area contributed by atoms with Gasteiger partial charge in [-0.1, -0.05) is 12.1 Å². The van der Waals surface area contributed by atoms with Crippen molar-refractivity contribution in [3.05, 3.63) is 58.0 Å². The van der Waals surface area contributed by atoms with E-state index in [4.69, 9.17) is 0 Å². The standard InChI is InChI=1S/C15H10N2O2/c1-8-6-7-17-13(8)11-12(15(17)19)16-10-5-3-2-4-9(10)14(11)18/h2-7H,1H3,(H,16,18). The lowest BCUT2D eigenvalue weighted by Crippen LogP contribution is -2.11. The highest BCUT2D eigenvalue weighted by atomic mass is 16.2. The Kier molecular flexibility index (Phi) is 1.75.